The highest BCUT2D eigenvalue weighted by Gasteiger charge is 2.72. The maximum absolute atomic E-state index is 17.3. The van der Waals surface area contributed by atoms with Crippen molar-refractivity contribution in [1.82, 2.24) is 10.7 Å². The van der Waals surface area contributed by atoms with E-state index in [-0.39, 0.29) is 30.8 Å². The summed E-state index contributed by atoms with van der Waals surface area (Å²) in [5.41, 5.74) is -2.84. The molecule has 14 heteroatoms. The first-order valence-corrected chi connectivity index (χ1v) is 15.7. The Bertz CT molecular complexity index is 1460. The SMILES string of the molecule is C[C@]12C[C@H](O)C3(F)[C@@H](CCC4=CC(=O)C=C[C@@]43C)C1CC(O)C2C(=O)COC(=O)C(CO)NC(=O)c1ccc(CCON(O)O)cc1. The van der Waals surface area contributed by atoms with Gasteiger partial charge in [0, 0.05) is 16.9 Å². The number of amides is 1. The van der Waals surface area contributed by atoms with Crippen LogP contribution in [0.15, 0.2) is 48.1 Å². The van der Waals surface area contributed by atoms with Gasteiger partial charge in [0.1, 0.15) is 6.61 Å². The van der Waals surface area contributed by atoms with Gasteiger partial charge in [-0.1, -0.05) is 30.7 Å². The molecule has 0 heterocycles. The maximum Gasteiger partial charge on any atom is 0.331 e. The largest absolute Gasteiger partial charge is 0.456 e. The Morgan fingerprint density at radius 3 is 2.49 bits per heavy atom. The summed E-state index contributed by atoms with van der Waals surface area (Å²) in [6.45, 7) is 1.81. The third kappa shape index (κ3) is 6.19. The van der Waals surface area contributed by atoms with Gasteiger partial charge in [-0.25, -0.2) is 9.18 Å². The summed E-state index contributed by atoms with van der Waals surface area (Å²) in [6, 6.07) is 4.61. The minimum Gasteiger partial charge on any atom is -0.456 e. The molecule has 0 spiro atoms. The Hall–Kier alpha value is -3.37. The van der Waals surface area contributed by atoms with Crippen LogP contribution in [0.4, 0.5) is 4.39 Å². The standard InChI is InChI=1S/C33H41FN2O11/c1-31-15-27(41)33(34)22(8-7-20-13-21(38)9-11-32(20,33)2)23(31)14-25(39)28(31)26(40)17-46-30(43)24(16-37)35-29(42)19-5-3-18(4-6-19)10-12-47-36(44)45/h3-6,9,11,13,22-25,27-28,37,39,41,44-45H,7-8,10,12,14-17H2,1-2H3,(H,35,42)/t22-,23?,24?,25?,27-,28?,31-,32-,33?/m0/s1. The Labute approximate surface area is 270 Å². The molecular weight excluding hydrogens is 619 g/mol. The average molecular weight is 661 g/mol. The highest BCUT2D eigenvalue weighted by atomic mass is 19.1. The highest BCUT2D eigenvalue weighted by molar-refractivity contribution is 6.01. The van der Waals surface area contributed by atoms with E-state index in [0.717, 1.165) is 0 Å². The normalized spacial score (nSPS) is 35.0. The quantitative estimate of drug-likeness (QED) is 0.147. The second kappa shape index (κ2) is 13.3. The smallest absolute Gasteiger partial charge is 0.331 e. The van der Waals surface area contributed by atoms with Crippen molar-refractivity contribution >= 4 is 23.4 Å². The molecule has 5 unspecified atom stereocenters. The van der Waals surface area contributed by atoms with Crippen LogP contribution in [-0.4, -0.2) is 98.3 Å². The summed E-state index contributed by atoms with van der Waals surface area (Å²) in [5, 5.41) is 51.5. The van der Waals surface area contributed by atoms with Gasteiger partial charge in [-0.3, -0.25) is 29.6 Å². The Kier molecular flexibility index (Phi) is 9.86. The van der Waals surface area contributed by atoms with E-state index in [1.807, 2.05) is 0 Å². The lowest BCUT2D eigenvalue weighted by Gasteiger charge is -2.61. The van der Waals surface area contributed by atoms with E-state index in [4.69, 9.17) is 15.2 Å². The van der Waals surface area contributed by atoms with E-state index in [9.17, 15) is 34.5 Å². The average Bonchev–Trinajstić information content (AvgIpc) is 3.28. The van der Waals surface area contributed by atoms with Gasteiger partial charge >= 0.3 is 5.97 Å². The number of hydrogen-bond acceptors (Lipinski definition) is 12. The minimum atomic E-state index is -2.12. The number of nitrogens with one attached hydrogen (secondary N) is 1. The topological polar surface area (TPSA) is 203 Å². The number of benzene rings is 1. The number of rotatable bonds is 11. The van der Waals surface area contributed by atoms with Gasteiger partial charge in [0.05, 0.1) is 36.7 Å². The number of aliphatic hydroxyl groups excluding tert-OH is 3. The van der Waals surface area contributed by atoms with E-state index in [1.54, 1.807) is 26.0 Å². The molecule has 47 heavy (non-hydrogen) atoms. The van der Waals surface area contributed by atoms with Gasteiger partial charge in [-0.05, 0) is 80.2 Å². The van der Waals surface area contributed by atoms with Gasteiger partial charge in [0.25, 0.3) is 5.91 Å². The molecule has 3 fully saturated rings. The van der Waals surface area contributed by atoms with Gasteiger partial charge in [-0.2, -0.15) is 0 Å². The number of ketones is 2. The molecule has 3 saturated carbocycles. The van der Waals surface area contributed by atoms with Crippen LogP contribution < -0.4 is 5.32 Å². The van der Waals surface area contributed by atoms with E-state index >= 15 is 4.39 Å². The van der Waals surface area contributed by atoms with Gasteiger partial charge in [-0.15, -0.1) is 0 Å². The van der Waals surface area contributed by atoms with E-state index in [0.29, 0.717) is 30.4 Å². The fourth-order valence-corrected chi connectivity index (χ4v) is 8.63. The summed E-state index contributed by atoms with van der Waals surface area (Å²) in [6.07, 6.45) is 2.69. The monoisotopic (exact) mass is 660 g/mol. The number of Topliss-reactive ketones (excluding diaryl/α,β-unsaturated/α-hetero) is 1. The summed E-state index contributed by atoms with van der Waals surface area (Å²) in [5.74, 6) is -4.84. The first kappa shape index (κ1) is 35.0. The number of hydrogen-bond donors (Lipinski definition) is 6. The van der Waals surface area contributed by atoms with Crippen LogP contribution in [0.2, 0.25) is 0 Å². The van der Waals surface area contributed by atoms with Crippen molar-refractivity contribution in [1.29, 1.82) is 0 Å². The van der Waals surface area contributed by atoms with Crippen molar-refractivity contribution in [2.24, 2.45) is 28.6 Å². The number of fused-ring (bicyclic) bond motifs is 5. The second-order valence-electron chi connectivity index (χ2n) is 13.4. The van der Waals surface area contributed by atoms with Crippen LogP contribution in [0.25, 0.3) is 0 Å². The van der Waals surface area contributed by atoms with Crippen molar-refractivity contribution in [2.75, 3.05) is 19.8 Å². The van der Waals surface area contributed by atoms with E-state index < -0.39 is 88.8 Å². The molecule has 4 aliphatic rings. The van der Waals surface area contributed by atoms with Gasteiger partial charge < -0.3 is 25.4 Å². The van der Waals surface area contributed by atoms with Crippen molar-refractivity contribution < 1.29 is 58.9 Å². The fourth-order valence-electron chi connectivity index (χ4n) is 8.63. The number of aliphatic hydroxyl groups is 3. The maximum atomic E-state index is 17.3. The molecule has 4 aliphatic carbocycles. The second-order valence-corrected chi connectivity index (χ2v) is 13.4. The predicted molar refractivity (Wildman–Crippen MR) is 159 cm³/mol. The van der Waals surface area contributed by atoms with Crippen LogP contribution in [0.3, 0.4) is 0 Å². The molecule has 9 atom stereocenters. The Morgan fingerprint density at radius 1 is 1.13 bits per heavy atom. The van der Waals surface area contributed by atoms with Crippen molar-refractivity contribution in [3.05, 3.63) is 59.2 Å². The highest BCUT2D eigenvalue weighted by Crippen LogP contribution is 2.68. The molecule has 1 aromatic rings. The summed E-state index contributed by atoms with van der Waals surface area (Å²) in [7, 11) is 0. The lowest BCUT2D eigenvalue weighted by atomic mass is 9.45. The lowest BCUT2D eigenvalue weighted by molar-refractivity contribution is -0.492. The summed E-state index contributed by atoms with van der Waals surface area (Å²) < 4.78 is 22.4. The minimum absolute atomic E-state index is 0.0379. The molecule has 0 aliphatic heterocycles. The van der Waals surface area contributed by atoms with Gasteiger partial charge in [0.2, 0.25) is 0 Å². The van der Waals surface area contributed by atoms with Crippen molar-refractivity contribution in [3.8, 4) is 0 Å². The molecule has 5 rings (SSSR count). The number of carbonyl (C=O) groups is 4. The van der Waals surface area contributed by atoms with E-state index in [1.165, 1.54) is 30.4 Å². The molecule has 6 N–H and O–H groups in total. The molecule has 0 radical (unpaired) electrons. The number of allylic oxidation sites excluding steroid dienone is 4. The lowest BCUT2D eigenvalue weighted by Crippen LogP contribution is -2.66. The number of halogens is 1. The molecule has 0 saturated heterocycles. The predicted octanol–water partition coefficient (Wildman–Crippen LogP) is 1.40. The van der Waals surface area contributed by atoms with Crippen LogP contribution in [-0.2, 0) is 30.4 Å². The number of nitrogens with zero attached hydrogens (tertiary/aromatic N) is 1. The molecule has 0 bridgehead atoms. The number of ether oxygens (including phenoxy) is 1. The third-order valence-electron chi connectivity index (χ3n) is 11.0. The zero-order valence-electron chi connectivity index (χ0n) is 26.2. The molecule has 1 amide bonds. The first-order valence-electron chi connectivity index (χ1n) is 15.7. The zero-order chi connectivity index (χ0) is 34.3. The molecular formula is C33H41FN2O11. The molecule has 256 valence electrons. The van der Waals surface area contributed by atoms with Gasteiger partial charge in [0.15, 0.2) is 23.3 Å². The molecule has 0 aromatic heterocycles. The van der Waals surface area contributed by atoms with Crippen molar-refractivity contribution in [2.45, 2.75) is 69.9 Å². The Morgan fingerprint density at radius 2 is 1.83 bits per heavy atom. The molecule has 1 aromatic carbocycles. The number of carbonyl (C=O) groups excluding carboxylic acids is 4. The van der Waals surface area contributed by atoms with Crippen LogP contribution in [0.5, 0.6) is 0 Å². The fraction of sp³-hybridized carbons (Fsp3) is 0.576. The number of esters is 1. The molecule has 13 nitrogen and oxygen atoms in total. The summed E-state index contributed by atoms with van der Waals surface area (Å²) >= 11 is 0. The van der Waals surface area contributed by atoms with Crippen LogP contribution in [0, 0.1) is 28.6 Å². The zero-order valence-corrected chi connectivity index (χ0v) is 26.2. The first-order chi connectivity index (χ1) is 22.1. The van der Waals surface area contributed by atoms with Crippen LogP contribution in [0.1, 0.15) is 55.5 Å². The van der Waals surface area contributed by atoms with Crippen LogP contribution >= 0.6 is 0 Å². The Balaban J connectivity index is 1.22. The van der Waals surface area contributed by atoms with E-state index in [2.05, 4.69) is 10.2 Å². The summed E-state index contributed by atoms with van der Waals surface area (Å²) in [4.78, 5) is 55.6. The van der Waals surface area contributed by atoms with Crippen molar-refractivity contribution in [3.63, 3.8) is 0 Å². The number of alkyl halides is 1. The third-order valence-corrected chi connectivity index (χ3v) is 11.0.